The molecule has 0 spiro atoms. The Labute approximate surface area is 256 Å². The average Bonchev–Trinajstić information content (AvgIpc) is 3.38. The van der Waals surface area contributed by atoms with Crippen molar-refractivity contribution in [1.29, 1.82) is 0 Å². The number of non-ortho nitro benzene ring substituents is 1. The fraction of sp³-hybridized carbons (Fsp3) is 0.794. The molecule has 0 aliphatic heterocycles. The first-order valence-electron chi connectivity index (χ1n) is 16.7. The summed E-state index contributed by atoms with van der Waals surface area (Å²) in [6.45, 7) is 14.2. The first-order valence-corrected chi connectivity index (χ1v) is 16.7. The van der Waals surface area contributed by atoms with E-state index >= 15 is 0 Å². The van der Waals surface area contributed by atoms with Crippen molar-refractivity contribution in [3.05, 3.63) is 38.4 Å². The number of benzene rings is 1. The number of rotatable bonds is 10. The monoisotopic (exact) mass is 596 g/mol. The highest BCUT2D eigenvalue weighted by Gasteiger charge is 2.71. The van der Waals surface area contributed by atoms with Gasteiger partial charge in [-0.2, -0.15) is 5.10 Å². The Hall–Kier alpha value is -2.55. The van der Waals surface area contributed by atoms with Crippen LogP contribution in [0.4, 0.5) is 17.1 Å². The number of nitrogens with zero attached hydrogens (tertiary/aromatic N) is 3. The van der Waals surface area contributed by atoms with Gasteiger partial charge in [-0.1, -0.05) is 60.8 Å². The Morgan fingerprint density at radius 2 is 1.79 bits per heavy atom. The van der Waals surface area contributed by atoms with Gasteiger partial charge in [0.25, 0.3) is 5.69 Å². The summed E-state index contributed by atoms with van der Waals surface area (Å²) in [4.78, 5) is 21.7. The summed E-state index contributed by atoms with van der Waals surface area (Å²) < 4.78 is 0. The van der Waals surface area contributed by atoms with Crippen molar-refractivity contribution in [2.45, 2.75) is 111 Å². The van der Waals surface area contributed by atoms with Gasteiger partial charge in [0.2, 0.25) is 0 Å². The second-order valence-electron chi connectivity index (χ2n) is 15.6. The molecule has 4 aliphatic carbocycles. The van der Waals surface area contributed by atoms with Crippen molar-refractivity contribution in [1.82, 2.24) is 0 Å². The number of hydrogen-bond donors (Lipinski definition) is 2. The molecule has 4 aliphatic rings. The highest BCUT2D eigenvalue weighted by molar-refractivity contribution is 5.70. The lowest BCUT2D eigenvalue weighted by Gasteiger charge is -2.52. The zero-order valence-electron chi connectivity index (χ0n) is 26.9. The van der Waals surface area contributed by atoms with Crippen LogP contribution in [0, 0.1) is 78.4 Å². The first-order chi connectivity index (χ1) is 20.2. The number of aliphatic hydroxyl groups is 1. The van der Waals surface area contributed by atoms with Crippen molar-refractivity contribution in [3.8, 4) is 0 Å². The Balaban J connectivity index is 1.46. The molecule has 4 fully saturated rings. The van der Waals surface area contributed by atoms with Crippen LogP contribution in [0.2, 0.25) is 0 Å². The number of fused-ring (bicyclic) bond motifs is 5. The second-order valence-corrected chi connectivity index (χ2v) is 15.6. The minimum absolute atomic E-state index is 0.109. The van der Waals surface area contributed by atoms with E-state index in [0.717, 1.165) is 37.7 Å². The number of hydrazone groups is 1. The molecule has 0 saturated heterocycles. The number of hydrogen-bond acceptors (Lipinski definition) is 7. The molecular formula is C34H52N4O5. The van der Waals surface area contributed by atoms with E-state index in [0.29, 0.717) is 35.5 Å². The number of anilines is 1. The lowest BCUT2D eigenvalue weighted by atomic mass is 9.53. The lowest BCUT2D eigenvalue weighted by molar-refractivity contribution is -0.393. The minimum Gasteiger partial charge on any atom is -0.389 e. The van der Waals surface area contributed by atoms with Gasteiger partial charge in [-0.15, -0.1) is 0 Å². The zero-order valence-corrected chi connectivity index (χ0v) is 26.9. The van der Waals surface area contributed by atoms with E-state index in [1.807, 2.05) is 6.21 Å². The average molecular weight is 597 g/mol. The molecule has 4 saturated carbocycles. The van der Waals surface area contributed by atoms with E-state index in [9.17, 15) is 25.3 Å². The maximum Gasteiger partial charge on any atom is 0.301 e. The van der Waals surface area contributed by atoms with Gasteiger partial charge in [-0.3, -0.25) is 25.7 Å². The van der Waals surface area contributed by atoms with Crippen LogP contribution in [-0.4, -0.2) is 26.8 Å². The van der Waals surface area contributed by atoms with Crippen LogP contribution in [0.25, 0.3) is 0 Å². The Morgan fingerprint density at radius 3 is 2.47 bits per heavy atom. The Morgan fingerprint density at radius 1 is 1.05 bits per heavy atom. The first kappa shape index (κ1) is 31.9. The van der Waals surface area contributed by atoms with E-state index in [1.54, 1.807) is 0 Å². The van der Waals surface area contributed by atoms with Crippen molar-refractivity contribution in [2.24, 2.45) is 63.3 Å². The molecule has 0 amide bonds. The summed E-state index contributed by atoms with van der Waals surface area (Å²) in [5.41, 5.74) is 1.38. The third-order valence-corrected chi connectivity index (χ3v) is 12.9. The summed E-state index contributed by atoms with van der Waals surface area (Å²) in [5, 5.41) is 40.2. The molecule has 0 bridgehead atoms. The van der Waals surface area contributed by atoms with Gasteiger partial charge in [0.15, 0.2) is 0 Å². The van der Waals surface area contributed by atoms with Crippen molar-refractivity contribution < 1.29 is 15.0 Å². The van der Waals surface area contributed by atoms with Gasteiger partial charge >= 0.3 is 5.69 Å². The number of nitrogens with one attached hydrogen (secondary N) is 1. The van der Waals surface area contributed by atoms with Crippen LogP contribution in [-0.2, 0) is 0 Å². The minimum atomic E-state index is -0.890. The molecule has 9 heteroatoms. The molecule has 0 heterocycles. The maximum atomic E-state index is 12.7. The fourth-order valence-electron chi connectivity index (χ4n) is 10.7. The quantitative estimate of drug-likeness (QED) is 0.158. The van der Waals surface area contributed by atoms with Crippen molar-refractivity contribution >= 4 is 23.3 Å². The smallest absolute Gasteiger partial charge is 0.301 e. The van der Waals surface area contributed by atoms with Crippen molar-refractivity contribution in [2.75, 3.05) is 5.43 Å². The van der Waals surface area contributed by atoms with Crippen molar-refractivity contribution in [3.63, 3.8) is 0 Å². The molecule has 0 aromatic heterocycles. The van der Waals surface area contributed by atoms with Crippen LogP contribution in [0.1, 0.15) is 106 Å². The molecule has 10 atom stereocenters. The molecule has 5 rings (SSSR count). The molecule has 2 N–H and O–H groups in total. The van der Waals surface area contributed by atoms with Gasteiger partial charge in [0, 0.05) is 23.6 Å². The predicted octanol–water partition coefficient (Wildman–Crippen LogP) is 8.61. The summed E-state index contributed by atoms with van der Waals surface area (Å²) in [7, 11) is 0. The van der Waals surface area contributed by atoms with Crippen LogP contribution < -0.4 is 5.43 Å². The van der Waals surface area contributed by atoms with Gasteiger partial charge in [-0.05, 0) is 97.9 Å². The molecule has 238 valence electrons. The number of nitro benzene ring substituents is 2. The molecule has 2 unspecified atom stereocenters. The van der Waals surface area contributed by atoms with E-state index in [-0.39, 0.29) is 33.8 Å². The van der Waals surface area contributed by atoms with E-state index in [1.165, 1.54) is 50.7 Å². The van der Waals surface area contributed by atoms with E-state index in [4.69, 9.17) is 0 Å². The zero-order chi connectivity index (χ0) is 31.3. The van der Waals surface area contributed by atoms with Gasteiger partial charge < -0.3 is 5.11 Å². The molecule has 1 aromatic carbocycles. The SMILES string of the molecule is CC(C)CCC[C@@H](C)[C@H]1CCC2[C@@H]3[C@@H](/C=N/Nc4ccc([N+](=O)[O-])cc4[N+](=O)[O-])[C@]4(O)C[C@@H](C)CCC4(C)[C@H]3CC[C@@]21C. The van der Waals surface area contributed by atoms with E-state index < -0.39 is 15.4 Å². The fourth-order valence-corrected chi connectivity index (χ4v) is 10.7. The van der Waals surface area contributed by atoms with Gasteiger partial charge in [-0.25, -0.2) is 0 Å². The Kier molecular flexibility index (Phi) is 8.71. The lowest BCUT2D eigenvalue weighted by Crippen LogP contribution is -2.53. The third-order valence-electron chi connectivity index (χ3n) is 12.9. The normalized spacial score (nSPS) is 39.3. The Bertz CT molecular complexity index is 1250. The van der Waals surface area contributed by atoms with Crippen LogP contribution in [0.15, 0.2) is 23.3 Å². The molecule has 0 radical (unpaired) electrons. The standard InChI is InChI=1S/C34H52N4O5/c1-21(2)8-7-9-23(4)25-11-12-26-31-27(15-16-32(25,26)5)33(6)17-14-22(3)19-34(33,39)28(31)20-35-36-29-13-10-24(37(40)41)18-30(29)38(42)43/h10,13,18,20-23,25-28,31,36,39H,7-9,11-12,14-17,19H2,1-6H3/b35-20+/t22-,23+,25+,26?,27-,28+,31-,32+,33?,34+/m0/s1. The summed E-state index contributed by atoms with van der Waals surface area (Å²) in [6.07, 6.45) is 13.4. The molecule has 43 heavy (non-hydrogen) atoms. The van der Waals surface area contributed by atoms with Gasteiger partial charge in [0.05, 0.1) is 21.5 Å². The molecule has 9 nitrogen and oxygen atoms in total. The van der Waals surface area contributed by atoms with Gasteiger partial charge in [0.1, 0.15) is 5.69 Å². The maximum absolute atomic E-state index is 12.7. The summed E-state index contributed by atoms with van der Waals surface area (Å²) in [5.74, 6) is 3.61. The van der Waals surface area contributed by atoms with E-state index in [2.05, 4.69) is 52.1 Å². The summed E-state index contributed by atoms with van der Waals surface area (Å²) >= 11 is 0. The predicted molar refractivity (Wildman–Crippen MR) is 170 cm³/mol. The topological polar surface area (TPSA) is 131 Å². The second kappa shape index (κ2) is 11.8. The summed E-state index contributed by atoms with van der Waals surface area (Å²) in [6, 6.07) is 3.55. The third kappa shape index (κ3) is 5.38. The van der Waals surface area contributed by atoms with Crippen LogP contribution >= 0.6 is 0 Å². The number of nitro groups is 2. The van der Waals surface area contributed by atoms with Crippen LogP contribution in [0.3, 0.4) is 0 Å². The highest BCUT2D eigenvalue weighted by Crippen LogP contribution is 2.73. The molecular weight excluding hydrogens is 544 g/mol. The molecule has 1 aromatic rings. The largest absolute Gasteiger partial charge is 0.389 e. The highest BCUT2D eigenvalue weighted by atomic mass is 16.6. The van der Waals surface area contributed by atoms with Crippen LogP contribution in [0.5, 0.6) is 0 Å².